The number of hydrogen-bond donors (Lipinski definition) is 0. The van der Waals surface area contributed by atoms with Gasteiger partial charge in [-0.2, -0.15) is 9.78 Å². The lowest BCUT2D eigenvalue weighted by molar-refractivity contribution is 0.306. The highest BCUT2D eigenvalue weighted by Crippen LogP contribution is 2.28. The van der Waals surface area contributed by atoms with Crippen LogP contribution in [0.5, 0.6) is 5.75 Å². The fraction of sp³-hybridized carbons (Fsp3) is 0.0357. The third-order valence-corrected chi connectivity index (χ3v) is 6.48. The van der Waals surface area contributed by atoms with Gasteiger partial charge in [0.05, 0.1) is 32.2 Å². The molecule has 0 radical (unpaired) electrons. The molecular weight excluding hydrogens is 517 g/mol. The Kier molecular flexibility index (Phi) is 7.05. The van der Waals surface area contributed by atoms with Crippen molar-refractivity contribution < 1.29 is 4.74 Å². The molecule has 0 atom stereocenters. The van der Waals surface area contributed by atoms with E-state index in [9.17, 15) is 4.79 Å². The zero-order valence-corrected chi connectivity index (χ0v) is 21.0. The first-order valence-electron chi connectivity index (χ1n) is 11.0. The SMILES string of the molecule is O=c1c2ccccc2nc(-c2ccccc2)n1N=Cc1ccc(OCc2ccc(Cl)c(Cl)c2)c(Cl)c1. The molecule has 0 unspecified atom stereocenters. The molecular formula is C28H18Cl3N3O2. The Morgan fingerprint density at radius 3 is 2.39 bits per heavy atom. The highest BCUT2D eigenvalue weighted by Gasteiger charge is 2.12. The van der Waals surface area contributed by atoms with Crippen molar-refractivity contribution in [1.29, 1.82) is 0 Å². The molecule has 1 heterocycles. The predicted octanol–water partition coefficient (Wildman–Crippen LogP) is 7.48. The van der Waals surface area contributed by atoms with E-state index in [1.807, 2.05) is 48.5 Å². The standard InChI is InChI=1S/C28H18Cl3N3O2/c29-22-12-10-19(15-23(22)30)17-36-26-13-11-18(14-24(26)31)16-32-34-27(20-6-2-1-3-7-20)33-25-9-5-4-8-21(25)28(34)35/h1-16H,17H2. The minimum Gasteiger partial charge on any atom is -0.487 e. The van der Waals surface area contributed by atoms with Crippen LogP contribution in [-0.2, 0) is 6.61 Å². The number of hydrogen-bond acceptors (Lipinski definition) is 4. The number of benzene rings is 4. The fourth-order valence-corrected chi connectivity index (χ4v) is 4.20. The second-order valence-electron chi connectivity index (χ2n) is 7.91. The molecule has 0 saturated heterocycles. The zero-order valence-electron chi connectivity index (χ0n) is 18.7. The van der Waals surface area contributed by atoms with Gasteiger partial charge in [-0.15, -0.1) is 0 Å². The van der Waals surface area contributed by atoms with Gasteiger partial charge in [0, 0.05) is 5.56 Å². The van der Waals surface area contributed by atoms with E-state index >= 15 is 0 Å². The van der Waals surface area contributed by atoms with Gasteiger partial charge in [0.2, 0.25) is 0 Å². The summed E-state index contributed by atoms with van der Waals surface area (Å²) in [5, 5.41) is 6.31. The normalized spacial score (nSPS) is 11.3. The summed E-state index contributed by atoms with van der Waals surface area (Å²) in [4.78, 5) is 18.0. The number of rotatable bonds is 6. The third-order valence-electron chi connectivity index (χ3n) is 5.44. The molecule has 0 N–H and O–H groups in total. The van der Waals surface area contributed by atoms with Gasteiger partial charge in [0.15, 0.2) is 5.82 Å². The molecule has 36 heavy (non-hydrogen) atoms. The summed E-state index contributed by atoms with van der Waals surface area (Å²) < 4.78 is 7.14. The zero-order chi connectivity index (χ0) is 25.1. The molecule has 0 aliphatic carbocycles. The highest BCUT2D eigenvalue weighted by molar-refractivity contribution is 6.42. The Hall–Kier alpha value is -3.64. The fourth-order valence-electron chi connectivity index (χ4n) is 3.63. The van der Waals surface area contributed by atoms with Crippen LogP contribution in [0.3, 0.4) is 0 Å². The molecule has 4 aromatic carbocycles. The summed E-state index contributed by atoms with van der Waals surface area (Å²) in [7, 11) is 0. The molecule has 0 spiro atoms. The van der Waals surface area contributed by atoms with E-state index in [1.54, 1.807) is 48.7 Å². The van der Waals surface area contributed by atoms with E-state index in [-0.39, 0.29) is 12.2 Å². The van der Waals surface area contributed by atoms with Gasteiger partial charge in [-0.1, -0.05) is 83.3 Å². The number of halogens is 3. The maximum Gasteiger partial charge on any atom is 0.282 e. The summed E-state index contributed by atoms with van der Waals surface area (Å²) in [6.45, 7) is 0.280. The Morgan fingerprint density at radius 1 is 0.833 bits per heavy atom. The van der Waals surface area contributed by atoms with E-state index in [1.165, 1.54) is 4.68 Å². The summed E-state index contributed by atoms with van der Waals surface area (Å²) >= 11 is 18.5. The maximum atomic E-state index is 13.3. The highest BCUT2D eigenvalue weighted by atomic mass is 35.5. The summed E-state index contributed by atoms with van der Waals surface area (Å²) in [5.74, 6) is 0.956. The van der Waals surface area contributed by atoms with Crippen molar-refractivity contribution in [3.63, 3.8) is 0 Å². The van der Waals surface area contributed by atoms with Gasteiger partial charge in [0.1, 0.15) is 12.4 Å². The van der Waals surface area contributed by atoms with Crippen molar-refractivity contribution in [2.24, 2.45) is 5.10 Å². The molecule has 0 fully saturated rings. The summed E-state index contributed by atoms with van der Waals surface area (Å²) in [6.07, 6.45) is 1.57. The first kappa shape index (κ1) is 24.1. The number of aromatic nitrogens is 2. The summed E-state index contributed by atoms with van der Waals surface area (Å²) in [5.41, 5.74) is 2.69. The monoisotopic (exact) mass is 533 g/mol. The topological polar surface area (TPSA) is 56.5 Å². The van der Waals surface area contributed by atoms with Gasteiger partial charge in [0.25, 0.3) is 5.56 Å². The van der Waals surface area contributed by atoms with Crippen LogP contribution in [0.15, 0.2) is 101 Å². The van der Waals surface area contributed by atoms with Crippen LogP contribution in [-0.4, -0.2) is 15.9 Å². The van der Waals surface area contributed by atoms with Crippen molar-refractivity contribution in [2.75, 3.05) is 0 Å². The quantitative estimate of drug-likeness (QED) is 0.212. The van der Waals surface area contributed by atoms with Crippen molar-refractivity contribution in [3.8, 4) is 17.1 Å². The van der Waals surface area contributed by atoms with E-state index in [2.05, 4.69) is 5.10 Å². The van der Waals surface area contributed by atoms with E-state index in [4.69, 9.17) is 44.5 Å². The lowest BCUT2D eigenvalue weighted by atomic mass is 10.2. The minimum absolute atomic E-state index is 0.261. The molecule has 5 aromatic rings. The van der Waals surface area contributed by atoms with E-state index in [0.29, 0.717) is 43.1 Å². The van der Waals surface area contributed by atoms with Gasteiger partial charge in [-0.05, 0) is 53.6 Å². The smallest absolute Gasteiger partial charge is 0.282 e. The maximum absolute atomic E-state index is 13.3. The minimum atomic E-state index is -0.261. The molecule has 8 heteroatoms. The molecule has 5 nitrogen and oxygen atoms in total. The molecule has 178 valence electrons. The summed E-state index contributed by atoms with van der Waals surface area (Å²) in [6, 6.07) is 27.3. The largest absolute Gasteiger partial charge is 0.487 e. The van der Waals surface area contributed by atoms with Crippen molar-refractivity contribution >= 4 is 51.9 Å². The van der Waals surface area contributed by atoms with Crippen LogP contribution in [0.25, 0.3) is 22.3 Å². The number of nitrogens with zero attached hydrogens (tertiary/aromatic N) is 3. The Balaban J connectivity index is 1.44. The molecule has 0 bridgehead atoms. The van der Waals surface area contributed by atoms with Crippen LogP contribution in [0, 0.1) is 0 Å². The first-order chi connectivity index (χ1) is 17.5. The van der Waals surface area contributed by atoms with Crippen molar-refractivity contribution in [1.82, 2.24) is 9.66 Å². The Labute approximate surface area is 222 Å². The molecule has 0 aliphatic heterocycles. The number of ether oxygens (including phenoxy) is 1. The lowest BCUT2D eigenvalue weighted by Crippen LogP contribution is -2.20. The van der Waals surface area contributed by atoms with Crippen LogP contribution in [0.4, 0.5) is 0 Å². The molecule has 0 aliphatic rings. The van der Waals surface area contributed by atoms with Gasteiger partial charge in [-0.3, -0.25) is 4.79 Å². The molecule has 5 rings (SSSR count). The molecule has 0 saturated carbocycles. The van der Waals surface area contributed by atoms with Crippen molar-refractivity contribution in [3.05, 3.63) is 128 Å². The van der Waals surface area contributed by atoms with Crippen LogP contribution < -0.4 is 10.3 Å². The predicted molar refractivity (Wildman–Crippen MR) is 147 cm³/mol. The number of para-hydroxylation sites is 1. The molecule has 1 aromatic heterocycles. The Bertz CT molecular complexity index is 1650. The van der Waals surface area contributed by atoms with Crippen molar-refractivity contribution in [2.45, 2.75) is 6.61 Å². The second kappa shape index (κ2) is 10.5. The molecule has 0 amide bonds. The van der Waals surface area contributed by atoms with E-state index < -0.39 is 0 Å². The van der Waals surface area contributed by atoms with Gasteiger partial charge >= 0.3 is 0 Å². The van der Waals surface area contributed by atoms with Gasteiger partial charge in [-0.25, -0.2) is 4.98 Å². The lowest BCUT2D eigenvalue weighted by Gasteiger charge is -2.10. The van der Waals surface area contributed by atoms with Crippen LogP contribution in [0.1, 0.15) is 11.1 Å². The van der Waals surface area contributed by atoms with Gasteiger partial charge < -0.3 is 4.74 Å². The van der Waals surface area contributed by atoms with E-state index in [0.717, 1.165) is 11.1 Å². The second-order valence-corrected chi connectivity index (χ2v) is 9.13. The Morgan fingerprint density at radius 2 is 1.61 bits per heavy atom. The average Bonchev–Trinajstić information content (AvgIpc) is 2.90. The average molecular weight is 535 g/mol. The third kappa shape index (κ3) is 5.14. The van der Waals surface area contributed by atoms with Crippen LogP contribution in [0.2, 0.25) is 15.1 Å². The first-order valence-corrected chi connectivity index (χ1v) is 12.1. The van der Waals surface area contributed by atoms with Crippen LogP contribution >= 0.6 is 34.8 Å². The number of fused-ring (bicyclic) bond motifs is 1.